The van der Waals surface area contributed by atoms with E-state index < -0.39 is 18.5 Å². The molecule has 1 saturated heterocycles. The van der Waals surface area contributed by atoms with E-state index in [4.69, 9.17) is 39.8 Å². The van der Waals surface area contributed by atoms with Crippen molar-refractivity contribution in [1.82, 2.24) is 24.8 Å². The SMILES string of the molecule is C=C/C(N)=C(/Nc1ccc(F)c(Cl)c1)c1cc(N[C@H](c2cn(C3CCN(C(C)(C)C)CC3)nn2)c2cccc3c2CN(C(=O)CO)C3)cc(Cl)c1N. The number of amides is 1. The van der Waals surface area contributed by atoms with Gasteiger partial charge < -0.3 is 32.1 Å². The number of nitrogen functional groups attached to an aromatic ring is 1. The van der Waals surface area contributed by atoms with Crippen LogP contribution in [0.4, 0.5) is 21.5 Å². The highest BCUT2D eigenvalue weighted by atomic mass is 35.5. The number of carbonyl (C=O) groups excluding carboxylic acids is 1. The number of aliphatic hydroxyl groups is 1. The third-order valence-electron chi connectivity index (χ3n) is 9.84. The van der Waals surface area contributed by atoms with Gasteiger partial charge in [-0.2, -0.15) is 0 Å². The molecule has 14 heteroatoms. The Morgan fingerprint density at radius 3 is 2.52 bits per heavy atom. The predicted molar refractivity (Wildman–Crippen MR) is 205 cm³/mol. The number of halogens is 3. The Labute approximate surface area is 313 Å². The van der Waals surface area contributed by atoms with E-state index in [0.29, 0.717) is 41.4 Å². The number of nitrogens with zero attached hydrogens (tertiary/aromatic N) is 5. The van der Waals surface area contributed by atoms with Gasteiger partial charge in [0.05, 0.1) is 45.4 Å². The summed E-state index contributed by atoms with van der Waals surface area (Å²) in [4.78, 5) is 16.7. The molecule has 0 saturated carbocycles. The summed E-state index contributed by atoms with van der Waals surface area (Å²) in [6, 6.07) is 13.4. The Bertz CT molecular complexity index is 2020. The first-order valence-corrected chi connectivity index (χ1v) is 17.9. The molecule has 3 heterocycles. The molecule has 0 aliphatic carbocycles. The van der Waals surface area contributed by atoms with Crippen molar-refractivity contribution in [1.29, 1.82) is 0 Å². The number of anilines is 3. The second-order valence-electron chi connectivity index (χ2n) is 14.2. The number of rotatable bonds is 10. The summed E-state index contributed by atoms with van der Waals surface area (Å²) in [6.45, 7) is 12.6. The number of nitrogens with two attached hydrogens (primary N) is 2. The maximum atomic E-state index is 14.0. The lowest BCUT2D eigenvalue weighted by molar-refractivity contribution is -0.134. The van der Waals surface area contributed by atoms with Crippen LogP contribution >= 0.6 is 23.2 Å². The van der Waals surface area contributed by atoms with Crippen molar-refractivity contribution in [2.45, 2.75) is 64.3 Å². The number of aromatic nitrogens is 3. The first kappa shape index (κ1) is 37.1. The molecule has 0 unspecified atom stereocenters. The third kappa shape index (κ3) is 7.75. The van der Waals surface area contributed by atoms with Gasteiger partial charge in [0.15, 0.2) is 0 Å². The maximum absolute atomic E-state index is 14.0. The average Bonchev–Trinajstić information content (AvgIpc) is 3.80. The molecule has 1 aromatic heterocycles. The smallest absolute Gasteiger partial charge is 0.248 e. The summed E-state index contributed by atoms with van der Waals surface area (Å²) in [6.07, 6.45) is 5.35. The van der Waals surface area contributed by atoms with Gasteiger partial charge in [-0.15, -0.1) is 5.10 Å². The molecular formula is C38H44Cl2FN9O2. The van der Waals surface area contributed by atoms with Crippen molar-refractivity contribution in [2.75, 3.05) is 36.1 Å². The van der Waals surface area contributed by atoms with Gasteiger partial charge in [0.25, 0.3) is 0 Å². The number of hydrogen-bond donors (Lipinski definition) is 5. The molecule has 2 aliphatic heterocycles. The zero-order valence-corrected chi connectivity index (χ0v) is 31.0. The minimum absolute atomic E-state index is 0.0618. The van der Waals surface area contributed by atoms with E-state index in [9.17, 15) is 14.3 Å². The van der Waals surface area contributed by atoms with Crippen molar-refractivity contribution < 1.29 is 14.3 Å². The molecule has 7 N–H and O–H groups in total. The number of benzene rings is 3. The van der Waals surface area contributed by atoms with E-state index in [1.807, 2.05) is 35.1 Å². The van der Waals surface area contributed by atoms with Gasteiger partial charge in [-0.1, -0.05) is 53.2 Å². The number of fused-ring (bicyclic) bond motifs is 1. The summed E-state index contributed by atoms with van der Waals surface area (Å²) < 4.78 is 15.9. The maximum Gasteiger partial charge on any atom is 0.248 e. The molecule has 4 aromatic rings. The molecule has 52 heavy (non-hydrogen) atoms. The number of piperidine rings is 1. The second kappa shape index (κ2) is 15.2. The molecule has 0 radical (unpaired) electrons. The number of hydrogen-bond acceptors (Lipinski definition) is 9. The number of likely N-dealkylation sites (tertiary alicyclic amines) is 1. The van der Waals surface area contributed by atoms with E-state index in [2.05, 4.69) is 48.1 Å². The van der Waals surface area contributed by atoms with Crippen LogP contribution in [0, 0.1) is 5.82 Å². The largest absolute Gasteiger partial charge is 0.397 e. The first-order valence-electron chi connectivity index (χ1n) is 17.1. The van der Waals surface area contributed by atoms with Crippen molar-refractivity contribution in [2.24, 2.45) is 5.73 Å². The van der Waals surface area contributed by atoms with E-state index >= 15 is 0 Å². The highest BCUT2D eigenvalue weighted by Gasteiger charge is 2.32. The van der Waals surface area contributed by atoms with Gasteiger partial charge in [-0.3, -0.25) is 9.69 Å². The van der Waals surface area contributed by atoms with Crippen LogP contribution in [0.3, 0.4) is 0 Å². The van der Waals surface area contributed by atoms with Crippen LogP contribution in [0.15, 0.2) is 73.1 Å². The number of allylic oxidation sites excluding steroid dienone is 1. The number of aliphatic hydroxyl groups excluding tert-OH is 1. The fourth-order valence-electron chi connectivity index (χ4n) is 6.90. The molecule has 11 nitrogen and oxygen atoms in total. The van der Waals surface area contributed by atoms with Crippen LogP contribution in [-0.2, 0) is 17.9 Å². The van der Waals surface area contributed by atoms with E-state index in [1.54, 1.807) is 11.0 Å². The second-order valence-corrected chi connectivity index (χ2v) is 15.0. The fraction of sp³-hybridized carbons (Fsp3) is 0.342. The molecule has 6 rings (SSSR count). The fourth-order valence-corrected chi connectivity index (χ4v) is 7.30. The van der Waals surface area contributed by atoms with Crippen molar-refractivity contribution in [3.63, 3.8) is 0 Å². The van der Waals surface area contributed by atoms with Gasteiger partial charge >= 0.3 is 0 Å². The minimum Gasteiger partial charge on any atom is -0.397 e. The topological polar surface area (TPSA) is 151 Å². The van der Waals surface area contributed by atoms with Crippen LogP contribution in [0.2, 0.25) is 10.0 Å². The van der Waals surface area contributed by atoms with Crippen molar-refractivity contribution in [3.8, 4) is 0 Å². The average molecular weight is 749 g/mol. The Morgan fingerprint density at radius 2 is 1.85 bits per heavy atom. The Hall–Kier alpha value is -4.62. The number of nitrogens with one attached hydrogen (secondary N) is 2. The molecule has 3 aromatic carbocycles. The van der Waals surface area contributed by atoms with Crippen LogP contribution < -0.4 is 22.1 Å². The lowest BCUT2D eigenvalue weighted by Gasteiger charge is -2.40. The quantitative estimate of drug-likeness (QED) is 0.0882. The number of carbonyl (C=O) groups is 1. The molecule has 1 amide bonds. The van der Waals surface area contributed by atoms with Crippen molar-refractivity contribution in [3.05, 3.63) is 117 Å². The standard InChI is InChI=1S/C38H44Cl2FN9O2/c1-5-32(42)36(44-23-9-10-31(41)29(39)16-23)27-15-24(17-30(40)35(27)43)45-37(26-8-6-7-22-18-48(19-28(22)26)34(52)21-51)33-20-50(47-46-33)25-11-13-49(14-12-25)38(2,3)4/h5-10,15-17,20,25,37,44-45,51H,1,11-14,18-19,21,42-43H2,2-4H3/b36-32-/t37-/m0/s1. The molecule has 1 atom stereocenters. The van der Waals surface area contributed by atoms with Crippen LogP contribution in [0.1, 0.15) is 73.6 Å². The van der Waals surface area contributed by atoms with Gasteiger partial charge in [-0.25, -0.2) is 9.07 Å². The van der Waals surface area contributed by atoms with E-state index in [0.717, 1.165) is 42.6 Å². The normalized spacial score (nSPS) is 16.3. The highest BCUT2D eigenvalue weighted by Crippen LogP contribution is 2.39. The Morgan fingerprint density at radius 1 is 1.12 bits per heavy atom. The van der Waals surface area contributed by atoms with Gasteiger partial charge in [-0.05, 0) is 86.7 Å². The van der Waals surface area contributed by atoms with Gasteiger partial charge in [0.2, 0.25) is 5.91 Å². The van der Waals surface area contributed by atoms with E-state index in [-0.39, 0.29) is 38.9 Å². The Balaban J connectivity index is 1.39. The minimum atomic E-state index is -0.568. The summed E-state index contributed by atoms with van der Waals surface area (Å²) in [5, 5.41) is 26.0. The zero-order valence-electron chi connectivity index (χ0n) is 29.5. The molecule has 1 fully saturated rings. The zero-order chi connectivity index (χ0) is 37.3. The summed E-state index contributed by atoms with van der Waals surface area (Å²) in [7, 11) is 0. The lowest BCUT2D eigenvalue weighted by atomic mass is 9.95. The van der Waals surface area contributed by atoms with Crippen LogP contribution in [0.5, 0.6) is 0 Å². The summed E-state index contributed by atoms with van der Waals surface area (Å²) >= 11 is 12.9. The Kier molecular flexibility index (Phi) is 10.8. The molecule has 0 bridgehead atoms. The molecule has 274 valence electrons. The highest BCUT2D eigenvalue weighted by molar-refractivity contribution is 6.34. The van der Waals surface area contributed by atoms with Gasteiger partial charge in [0.1, 0.15) is 18.1 Å². The van der Waals surface area contributed by atoms with Crippen LogP contribution in [-0.4, -0.2) is 61.0 Å². The van der Waals surface area contributed by atoms with Gasteiger partial charge in [0, 0.05) is 48.7 Å². The predicted octanol–water partition coefficient (Wildman–Crippen LogP) is 6.70. The van der Waals surface area contributed by atoms with Crippen molar-refractivity contribution >= 4 is 51.9 Å². The van der Waals surface area contributed by atoms with Crippen LogP contribution in [0.25, 0.3) is 5.70 Å². The summed E-state index contributed by atoms with van der Waals surface area (Å²) in [5.74, 6) is -0.902. The summed E-state index contributed by atoms with van der Waals surface area (Å²) in [5.41, 5.74) is 19.1. The monoisotopic (exact) mass is 747 g/mol. The molecule has 2 aliphatic rings. The molecule has 0 spiro atoms. The first-order chi connectivity index (χ1) is 24.8. The third-order valence-corrected chi connectivity index (χ3v) is 10.4. The van der Waals surface area contributed by atoms with E-state index in [1.165, 1.54) is 24.3 Å². The molecular weight excluding hydrogens is 704 g/mol. The lowest BCUT2D eigenvalue weighted by Crippen LogP contribution is -2.46.